The Balaban J connectivity index is 2.22. The molecule has 0 radical (unpaired) electrons. The highest BCUT2D eigenvalue weighted by Crippen LogP contribution is 2.15. The van der Waals surface area contributed by atoms with Gasteiger partial charge in [-0.2, -0.15) is 4.89 Å². The molecule has 0 heterocycles. The third-order valence-corrected chi connectivity index (χ3v) is 3.21. The van der Waals surface area contributed by atoms with Crippen molar-refractivity contribution in [3.05, 3.63) is 55.0 Å². The average molecular weight is 352 g/mol. The molecule has 128 valence electrons. The van der Waals surface area contributed by atoms with Crippen molar-refractivity contribution in [1.29, 1.82) is 0 Å². The topological polar surface area (TPSA) is 88.1 Å². The molecule has 0 bridgehead atoms. The molecule has 24 heavy (non-hydrogen) atoms. The van der Waals surface area contributed by atoms with Crippen LogP contribution in [0, 0.1) is 0 Å². The van der Waals surface area contributed by atoms with E-state index in [0.29, 0.717) is 0 Å². The maximum Gasteiger partial charge on any atom is 0.379 e. The van der Waals surface area contributed by atoms with E-state index in [1.807, 2.05) is 6.26 Å². The number of hydrogen-bond acceptors (Lipinski definition) is 8. The number of hydrogen-bond donors (Lipinski definition) is 0. The van der Waals surface area contributed by atoms with Gasteiger partial charge in [-0.25, -0.2) is 9.59 Å². The third-order valence-electron chi connectivity index (χ3n) is 2.47. The SMILES string of the molecule is C=CC(=O)O/C=C/OOCCOC(=O)C(=O)c1ccc(SC)cc1. The van der Waals surface area contributed by atoms with Crippen LogP contribution in [-0.4, -0.2) is 37.2 Å². The van der Waals surface area contributed by atoms with Crippen LogP contribution < -0.4 is 0 Å². The Hall–Kier alpha value is -2.58. The summed E-state index contributed by atoms with van der Waals surface area (Å²) >= 11 is 1.53. The second-order valence-electron chi connectivity index (χ2n) is 4.02. The van der Waals surface area contributed by atoms with E-state index in [1.54, 1.807) is 24.3 Å². The van der Waals surface area contributed by atoms with Gasteiger partial charge in [-0.1, -0.05) is 6.58 Å². The minimum absolute atomic E-state index is 0.107. The van der Waals surface area contributed by atoms with Crippen LogP contribution in [0.4, 0.5) is 0 Å². The van der Waals surface area contributed by atoms with Gasteiger partial charge in [0.1, 0.15) is 19.5 Å². The van der Waals surface area contributed by atoms with E-state index in [4.69, 9.17) is 4.74 Å². The summed E-state index contributed by atoms with van der Waals surface area (Å²) in [4.78, 5) is 44.2. The van der Waals surface area contributed by atoms with Gasteiger partial charge < -0.3 is 14.4 Å². The average Bonchev–Trinajstić information content (AvgIpc) is 2.62. The first-order valence-electron chi connectivity index (χ1n) is 6.70. The van der Waals surface area contributed by atoms with E-state index in [2.05, 4.69) is 21.1 Å². The fourth-order valence-corrected chi connectivity index (χ4v) is 1.76. The summed E-state index contributed by atoms with van der Waals surface area (Å²) in [5.41, 5.74) is 0.252. The summed E-state index contributed by atoms with van der Waals surface area (Å²) in [6.45, 7) is 2.92. The summed E-state index contributed by atoms with van der Waals surface area (Å²) in [5.74, 6) is -2.36. The van der Waals surface area contributed by atoms with Crippen molar-refractivity contribution in [1.82, 2.24) is 0 Å². The van der Waals surface area contributed by atoms with Crippen molar-refractivity contribution < 1.29 is 33.6 Å². The summed E-state index contributed by atoms with van der Waals surface area (Å²) in [7, 11) is 0. The lowest BCUT2D eigenvalue weighted by Crippen LogP contribution is -2.19. The Morgan fingerprint density at radius 1 is 1.12 bits per heavy atom. The molecule has 1 rings (SSSR count). The Morgan fingerprint density at radius 2 is 1.83 bits per heavy atom. The quantitative estimate of drug-likeness (QED) is 0.0729. The van der Waals surface area contributed by atoms with Gasteiger partial charge in [0.15, 0.2) is 6.26 Å². The lowest BCUT2D eigenvalue weighted by Gasteiger charge is -2.04. The molecule has 0 unspecified atom stereocenters. The van der Waals surface area contributed by atoms with Crippen molar-refractivity contribution in [2.24, 2.45) is 0 Å². The smallest absolute Gasteiger partial charge is 0.379 e. The Kier molecular flexibility index (Phi) is 8.95. The van der Waals surface area contributed by atoms with Crippen LogP contribution in [0.1, 0.15) is 10.4 Å². The van der Waals surface area contributed by atoms with Gasteiger partial charge in [0.05, 0.1) is 0 Å². The lowest BCUT2D eigenvalue weighted by molar-refractivity contribution is -0.255. The molecular formula is C16H16O7S. The zero-order chi connectivity index (χ0) is 17.8. The van der Waals surface area contributed by atoms with E-state index in [0.717, 1.165) is 23.5 Å². The van der Waals surface area contributed by atoms with Crippen LogP contribution in [0.3, 0.4) is 0 Å². The highest BCUT2D eigenvalue weighted by Gasteiger charge is 2.17. The third kappa shape index (κ3) is 7.12. The highest BCUT2D eigenvalue weighted by molar-refractivity contribution is 7.98. The molecule has 0 saturated heterocycles. The van der Waals surface area contributed by atoms with Crippen molar-refractivity contribution in [2.45, 2.75) is 4.90 Å². The minimum Gasteiger partial charge on any atom is -0.457 e. The van der Waals surface area contributed by atoms with Crippen LogP contribution in [0.15, 0.2) is 54.3 Å². The standard InChI is InChI=1S/C16H16O7S/c1-3-14(17)20-8-10-22-23-11-9-21-16(19)15(18)12-4-6-13(24-2)7-5-12/h3-8,10H,1,9,11H2,2H3/b10-8+. The second-order valence-corrected chi connectivity index (χ2v) is 4.90. The molecule has 0 spiro atoms. The number of carbonyl (C=O) groups is 3. The fraction of sp³-hybridized carbons (Fsp3) is 0.188. The van der Waals surface area contributed by atoms with Crippen molar-refractivity contribution in [3.63, 3.8) is 0 Å². The minimum atomic E-state index is -0.981. The van der Waals surface area contributed by atoms with Gasteiger partial charge >= 0.3 is 11.9 Å². The molecule has 7 nitrogen and oxygen atoms in total. The Morgan fingerprint density at radius 3 is 2.46 bits per heavy atom. The molecule has 0 aliphatic carbocycles. The van der Waals surface area contributed by atoms with Crippen LogP contribution >= 0.6 is 11.8 Å². The van der Waals surface area contributed by atoms with Gasteiger partial charge in [0, 0.05) is 16.5 Å². The van der Waals surface area contributed by atoms with Crippen LogP contribution in [-0.2, 0) is 28.8 Å². The van der Waals surface area contributed by atoms with Gasteiger partial charge in [0.25, 0.3) is 5.78 Å². The van der Waals surface area contributed by atoms with Crippen molar-refractivity contribution >= 4 is 29.5 Å². The van der Waals surface area contributed by atoms with Crippen LogP contribution in [0.5, 0.6) is 0 Å². The first kappa shape index (κ1) is 19.5. The first-order valence-corrected chi connectivity index (χ1v) is 7.92. The van der Waals surface area contributed by atoms with Gasteiger partial charge in [-0.3, -0.25) is 4.79 Å². The molecule has 0 fully saturated rings. The molecule has 0 aliphatic rings. The van der Waals surface area contributed by atoms with Gasteiger partial charge in [-0.15, -0.1) is 11.8 Å². The van der Waals surface area contributed by atoms with Crippen LogP contribution in [0.2, 0.25) is 0 Å². The Labute approximate surface area is 143 Å². The molecule has 8 heteroatoms. The van der Waals surface area contributed by atoms with Crippen LogP contribution in [0.25, 0.3) is 0 Å². The predicted molar refractivity (Wildman–Crippen MR) is 86.0 cm³/mol. The predicted octanol–water partition coefficient (Wildman–Crippen LogP) is 2.28. The fourth-order valence-electron chi connectivity index (χ4n) is 1.35. The summed E-state index contributed by atoms with van der Waals surface area (Å²) in [6, 6.07) is 6.61. The molecule has 0 N–H and O–H groups in total. The molecule has 0 saturated carbocycles. The Bertz CT molecular complexity index is 607. The number of esters is 2. The number of thioether (sulfide) groups is 1. The molecule has 1 aromatic rings. The second kappa shape index (κ2) is 11.0. The summed E-state index contributed by atoms with van der Waals surface area (Å²) in [6.07, 6.45) is 4.82. The monoisotopic (exact) mass is 352 g/mol. The number of benzene rings is 1. The molecule has 0 amide bonds. The number of ketones is 1. The number of rotatable bonds is 10. The van der Waals surface area contributed by atoms with Gasteiger partial charge in [-0.05, 0) is 30.5 Å². The van der Waals surface area contributed by atoms with E-state index in [-0.39, 0.29) is 18.8 Å². The molecule has 1 aromatic carbocycles. The summed E-state index contributed by atoms with van der Waals surface area (Å²) in [5, 5.41) is 0. The normalized spacial score (nSPS) is 10.2. The number of carbonyl (C=O) groups excluding carboxylic acids is 3. The maximum atomic E-state index is 11.8. The highest BCUT2D eigenvalue weighted by atomic mass is 32.2. The van der Waals surface area contributed by atoms with Crippen molar-refractivity contribution in [2.75, 3.05) is 19.5 Å². The zero-order valence-corrected chi connectivity index (χ0v) is 13.7. The molecule has 0 atom stereocenters. The lowest BCUT2D eigenvalue weighted by atomic mass is 10.1. The number of Topliss-reactive ketones (excluding diaryl/α,β-unsaturated/α-hetero) is 1. The largest absolute Gasteiger partial charge is 0.457 e. The molecular weight excluding hydrogens is 336 g/mol. The van der Waals surface area contributed by atoms with E-state index < -0.39 is 17.7 Å². The maximum absolute atomic E-state index is 11.8. The zero-order valence-electron chi connectivity index (χ0n) is 12.9. The van der Waals surface area contributed by atoms with E-state index in [9.17, 15) is 14.4 Å². The van der Waals surface area contributed by atoms with Gasteiger partial charge in [0.2, 0.25) is 0 Å². The molecule has 0 aromatic heterocycles. The first-order chi connectivity index (χ1) is 11.6. The molecule has 0 aliphatic heterocycles. The van der Waals surface area contributed by atoms with Crippen molar-refractivity contribution in [3.8, 4) is 0 Å². The van der Waals surface area contributed by atoms with E-state index >= 15 is 0 Å². The summed E-state index contributed by atoms with van der Waals surface area (Å²) < 4.78 is 9.21. The van der Waals surface area contributed by atoms with E-state index in [1.165, 1.54) is 11.8 Å². The number of ether oxygens (including phenoxy) is 2.